The number of fused-ring (bicyclic) bond motifs is 1. The molecule has 0 aliphatic carbocycles. The molecule has 0 spiro atoms. The zero-order valence-corrected chi connectivity index (χ0v) is 9.46. The van der Waals surface area contributed by atoms with Gasteiger partial charge in [-0.2, -0.15) is 0 Å². The molecule has 2 saturated heterocycles. The van der Waals surface area contributed by atoms with Crippen LogP contribution < -0.4 is 0 Å². The predicted octanol–water partition coefficient (Wildman–Crippen LogP) is 0.344. The van der Waals surface area contributed by atoms with E-state index in [-0.39, 0.29) is 24.4 Å². The molecule has 2 rings (SSSR count). The minimum absolute atomic E-state index is 0.00585. The van der Waals surface area contributed by atoms with Gasteiger partial charge in [-0.1, -0.05) is 6.58 Å². The van der Waals surface area contributed by atoms with Gasteiger partial charge < -0.3 is 23.7 Å². The Kier molecular flexibility index (Phi) is 4.17. The van der Waals surface area contributed by atoms with Gasteiger partial charge in [0.1, 0.15) is 31.0 Å². The molecule has 92 valence electrons. The second-order valence-corrected chi connectivity index (χ2v) is 3.82. The van der Waals surface area contributed by atoms with Gasteiger partial charge in [0, 0.05) is 7.11 Å². The van der Waals surface area contributed by atoms with E-state index < -0.39 is 0 Å². The monoisotopic (exact) mass is 230 g/mol. The van der Waals surface area contributed by atoms with Crippen molar-refractivity contribution in [3.63, 3.8) is 0 Å². The van der Waals surface area contributed by atoms with Gasteiger partial charge in [-0.05, 0) is 0 Å². The van der Waals surface area contributed by atoms with Crippen molar-refractivity contribution in [1.82, 2.24) is 0 Å². The highest BCUT2D eigenvalue weighted by atomic mass is 16.6. The highest BCUT2D eigenvalue weighted by Gasteiger charge is 2.48. The first kappa shape index (κ1) is 11.9. The van der Waals surface area contributed by atoms with Crippen molar-refractivity contribution in [2.75, 3.05) is 33.5 Å². The first-order valence-corrected chi connectivity index (χ1v) is 5.47. The van der Waals surface area contributed by atoms with Crippen LogP contribution in [0.4, 0.5) is 0 Å². The second-order valence-electron chi connectivity index (χ2n) is 3.82. The highest BCUT2D eigenvalue weighted by Crippen LogP contribution is 2.29. The Bertz CT molecular complexity index is 232. The van der Waals surface area contributed by atoms with E-state index in [4.69, 9.17) is 23.7 Å². The Morgan fingerprint density at radius 3 is 2.56 bits per heavy atom. The molecule has 5 heteroatoms. The third-order valence-corrected chi connectivity index (χ3v) is 2.92. The van der Waals surface area contributed by atoms with E-state index in [0.717, 1.165) is 0 Å². The standard InChI is InChI=1S/C11H18O5/c1-3-13-4-5-14-9-7-16-10-8(12-2)6-15-11(9)10/h3,8-11H,1,4-7H2,2H3. The van der Waals surface area contributed by atoms with Crippen molar-refractivity contribution in [2.45, 2.75) is 24.4 Å². The van der Waals surface area contributed by atoms with Crippen molar-refractivity contribution in [2.24, 2.45) is 0 Å². The van der Waals surface area contributed by atoms with Gasteiger partial charge in [-0.3, -0.25) is 0 Å². The Morgan fingerprint density at radius 2 is 1.88 bits per heavy atom. The topological polar surface area (TPSA) is 46.2 Å². The summed E-state index contributed by atoms with van der Waals surface area (Å²) in [5, 5.41) is 0. The third-order valence-electron chi connectivity index (χ3n) is 2.92. The lowest BCUT2D eigenvalue weighted by Crippen LogP contribution is -2.34. The molecule has 4 atom stereocenters. The lowest BCUT2D eigenvalue weighted by Gasteiger charge is -2.16. The summed E-state index contributed by atoms with van der Waals surface area (Å²) in [5.41, 5.74) is 0. The van der Waals surface area contributed by atoms with Crippen LogP contribution in [0.1, 0.15) is 0 Å². The average molecular weight is 230 g/mol. The van der Waals surface area contributed by atoms with E-state index in [0.29, 0.717) is 26.4 Å². The summed E-state index contributed by atoms with van der Waals surface area (Å²) in [5.74, 6) is 0. The van der Waals surface area contributed by atoms with E-state index in [2.05, 4.69) is 6.58 Å². The van der Waals surface area contributed by atoms with Gasteiger partial charge >= 0.3 is 0 Å². The first-order valence-electron chi connectivity index (χ1n) is 5.47. The fourth-order valence-corrected chi connectivity index (χ4v) is 2.11. The van der Waals surface area contributed by atoms with Crippen LogP contribution in [0, 0.1) is 0 Å². The zero-order valence-electron chi connectivity index (χ0n) is 9.46. The largest absolute Gasteiger partial charge is 0.499 e. The summed E-state index contributed by atoms with van der Waals surface area (Å²) in [7, 11) is 1.67. The predicted molar refractivity (Wildman–Crippen MR) is 56.2 cm³/mol. The summed E-state index contributed by atoms with van der Waals surface area (Å²) in [6.45, 7) is 5.62. The van der Waals surface area contributed by atoms with Crippen molar-refractivity contribution in [3.8, 4) is 0 Å². The molecule has 16 heavy (non-hydrogen) atoms. The van der Waals surface area contributed by atoms with Gasteiger partial charge in [-0.15, -0.1) is 0 Å². The average Bonchev–Trinajstić information content (AvgIpc) is 2.86. The molecule has 0 aromatic heterocycles. The normalized spacial score (nSPS) is 37.3. The van der Waals surface area contributed by atoms with Gasteiger partial charge in [0.25, 0.3) is 0 Å². The van der Waals surface area contributed by atoms with E-state index in [1.54, 1.807) is 7.11 Å². The van der Waals surface area contributed by atoms with Crippen molar-refractivity contribution in [3.05, 3.63) is 12.8 Å². The summed E-state index contributed by atoms with van der Waals surface area (Å²) in [4.78, 5) is 0. The molecule has 0 saturated carbocycles. The molecule has 5 nitrogen and oxygen atoms in total. The lowest BCUT2D eigenvalue weighted by atomic mass is 10.1. The Morgan fingerprint density at radius 1 is 1.19 bits per heavy atom. The molecule has 2 aliphatic heterocycles. The first-order chi connectivity index (χ1) is 7.86. The van der Waals surface area contributed by atoms with Crippen LogP contribution in [-0.2, 0) is 23.7 Å². The Balaban J connectivity index is 1.74. The van der Waals surface area contributed by atoms with Crippen LogP contribution in [0.25, 0.3) is 0 Å². The molecular formula is C11H18O5. The summed E-state index contributed by atoms with van der Waals surface area (Å²) >= 11 is 0. The van der Waals surface area contributed by atoms with Crippen LogP contribution in [0.5, 0.6) is 0 Å². The summed E-state index contributed by atoms with van der Waals surface area (Å²) in [6.07, 6.45) is 1.43. The van der Waals surface area contributed by atoms with Crippen LogP contribution in [0.3, 0.4) is 0 Å². The lowest BCUT2D eigenvalue weighted by molar-refractivity contribution is -0.0498. The molecule has 0 bridgehead atoms. The maximum Gasteiger partial charge on any atom is 0.115 e. The summed E-state index contributed by atoms with van der Waals surface area (Å²) < 4.78 is 27.1. The minimum atomic E-state index is -0.0152. The van der Waals surface area contributed by atoms with Gasteiger partial charge in [0.05, 0.1) is 26.1 Å². The van der Waals surface area contributed by atoms with E-state index in [1.165, 1.54) is 6.26 Å². The van der Waals surface area contributed by atoms with Gasteiger partial charge in [0.2, 0.25) is 0 Å². The molecule has 0 amide bonds. The van der Waals surface area contributed by atoms with Crippen molar-refractivity contribution >= 4 is 0 Å². The third kappa shape index (κ3) is 2.38. The molecule has 0 N–H and O–H groups in total. The SMILES string of the molecule is C=COCCOC1COC2C(OC)COC12. The van der Waals surface area contributed by atoms with Crippen molar-refractivity contribution < 1.29 is 23.7 Å². The van der Waals surface area contributed by atoms with Crippen molar-refractivity contribution in [1.29, 1.82) is 0 Å². The maximum absolute atomic E-state index is 5.63. The maximum atomic E-state index is 5.63. The molecule has 2 heterocycles. The smallest absolute Gasteiger partial charge is 0.115 e. The minimum Gasteiger partial charge on any atom is -0.499 e. The second kappa shape index (κ2) is 5.63. The van der Waals surface area contributed by atoms with Crippen LogP contribution in [-0.4, -0.2) is 58.0 Å². The number of methoxy groups -OCH3 is 1. The number of rotatable bonds is 6. The Labute approximate surface area is 95.3 Å². The Hall–Kier alpha value is -0.620. The summed E-state index contributed by atoms with van der Waals surface area (Å²) in [6, 6.07) is 0. The molecule has 2 aliphatic rings. The highest BCUT2D eigenvalue weighted by molar-refractivity contribution is 4.95. The molecular weight excluding hydrogens is 212 g/mol. The fraction of sp³-hybridized carbons (Fsp3) is 0.818. The van der Waals surface area contributed by atoms with Crippen LogP contribution in [0.15, 0.2) is 12.8 Å². The van der Waals surface area contributed by atoms with E-state index in [1.807, 2.05) is 0 Å². The molecule has 2 fully saturated rings. The van der Waals surface area contributed by atoms with E-state index in [9.17, 15) is 0 Å². The molecule has 4 unspecified atom stereocenters. The fourth-order valence-electron chi connectivity index (χ4n) is 2.11. The molecule has 0 radical (unpaired) electrons. The van der Waals surface area contributed by atoms with Gasteiger partial charge in [-0.25, -0.2) is 0 Å². The number of hydrogen-bond donors (Lipinski definition) is 0. The molecule has 0 aromatic rings. The zero-order chi connectivity index (χ0) is 11.4. The number of hydrogen-bond acceptors (Lipinski definition) is 5. The van der Waals surface area contributed by atoms with E-state index >= 15 is 0 Å². The quantitative estimate of drug-likeness (QED) is 0.486. The number of ether oxygens (including phenoxy) is 5. The van der Waals surface area contributed by atoms with Gasteiger partial charge in [0.15, 0.2) is 0 Å². The molecule has 0 aromatic carbocycles. The van der Waals surface area contributed by atoms with Crippen LogP contribution in [0.2, 0.25) is 0 Å². The van der Waals surface area contributed by atoms with Crippen LogP contribution >= 0.6 is 0 Å².